The Bertz CT molecular complexity index is 192. The van der Waals surface area contributed by atoms with E-state index in [0.717, 1.165) is 19.3 Å². The molecule has 0 bridgehead atoms. The molecule has 0 unspecified atom stereocenters. The Balaban J connectivity index is 3.22. The molecule has 0 aromatic heterocycles. The van der Waals surface area contributed by atoms with Gasteiger partial charge in [0.15, 0.2) is 0 Å². The van der Waals surface area contributed by atoms with Crippen molar-refractivity contribution in [3.8, 4) is 0 Å². The number of unbranched alkanes of at least 4 members (excludes halogenated alkanes) is 4. The fourth-order valence-electron chi connectivity index (χ4n) is 1.12. The van der Waals surface area contributed by atoms with Crippen molar-refractivity contribution >= 4 is 5.97 Å². The molecule has 2 heteroatoms. The van der Waals surface area contributed by atoms with Crippen LogP contribution in [0.3, 0.4) is 0 Å². The van der Waals surface area contributed by atoms with Crippen molar-refractivity contribution in [2.75, 3.05) is 0 Å². The molecule has 0 aliphatic rings. The highest BCUT2D eigenvalue weighted by Gasteiger charge is 1.84. The van der Waals surface area contributed by atoms with E-state index in [1.165, 1.54) is 25.3 Å². The van der Waals surface area contributed by atoms with Gasteiger partial charge in [0.1, 0.15) is 0 Å². The van der Waals surface area contributed by atoms with Gasteiger partial charge in [-0.05, 0) is 25.7 Å². The van der Waals surface area contributed by atoms with Gasteiger partial charge in [-0.2, -0.15) is 0 Å². The summed E-state index contributed by atoms with van der Waals surface area (Å²) < 4.78 is 0. The van der Waals surface area contributed by atoms with Crippen molar-refractivity contribution in [2.24, 2.45) is 0 Å². The fourth-order valence-corrected chi connectivity index (χ4v) is 1.12. The number of rotatable bonds is 8. The predicted octanol–water partition coefficient (Wildman–Crippen LogP) is 3.54. The summed E-state index contributed by atoms with van der Waals surface area (Å²) in [6, 6.07) is 0. The number of hydrogen-bond acceptors (Lipinski definition) is 1. The van der Waals surface area contributed by atoms with Crippen molar-refractivity contribution in [1.29, 1.82) is 0 Å². The smallest absolute Gasteiger partial charge is 0.327 e. The Hall–Kier alpha value is -1.05. The van der Waals surface area contributed by atoms with Gasteiger partial charge in [-0.15, -0.1) is 0 Å². The van der Waals surface area contributed by atoms with Gasteiger partial charge in [0.25, 0.3) is 0 Å². The molecule has 0 atom stereocenters. The molecule has 80 valence electrons. The minimum atomic E-state index is -0.864. The van der Waals surface area contributed by atoms with Gasteiger partial charge >= 0.3 is 5.97 Å². The van der Waals surface area contributed by atoms with Gasteiger partial charge in [0.2, 0.25) is 0 Å². The van der Waals surface area contributed by atoms with E-state index in [9.17, 15) is 4.79 Å². The van der Waals surface area contributed by atoms with Gasteiger partial charge in [-0.3, -0.25) is 0 Å². The zero-order valence-corrected chi connectivity index (χ0v) is 8.91. The first kappa shape index (κ1) is 12.9. The Kier molecular flexibility index (Phi) is 9.28. The van der Waals surface area contributed by atoms with E-state index in [-0.39, 0.29) is 0 Å². The van der Waals surface area contributed by atoms with E-state index in [2.05, 4.69) is 19.1 Å². The highest BCUT2D eigenvalue weighted by Crippen LogP contribution is 2.01. The molecule has 1 N–H and O–H groups in total. The summed E-state index contributed by atoms with van der Waals surface area (Å²) >= 11 is 0. The molecule has 14 heavy (non-hydrogen) atoms. The Morgan fingerprint density at radius 2 is 1.71 bits per heavy atom. The van der Waals surface area contributed by atoms with Gasteiger partial charge in [0, 0.05) is 6.08 Å². The molecule has 0 saturated carbocycles. The first-order valence-corrected chi connectivity index (χ1v) is 5.31. The van der Waals surface area contributed by atoms with Crippen LogP contribution in [-0.4, -0.2) is 11.1 Å². The topological polar surface area (TPSA) is 37.3 Å². The third-order valence-corrected chi connectivity index (χ3v) is 1.90. The highest BCUT2D eigenvalue weighted by atomic mass is 16.4. The van der Waals surface area contributed by atoms with Crippen LogP contribution >= 0.6 is 0 Å². The van der Waals surface area contributed by atoms with Crippen molar-refractivity contribution in [3.63, 3.8) is 0 Å². The zero-order valence-electron chi connectivity index (χ0n) is 8.91. The maximum Gasteiger partial charge on any atom is 0.327 e. The molecule has 0 heterocycles. The van der Waals surface area contributed by atoms with E-state index in [0.29, 0.717) is 0 Å². The quantitative estimate of drug-likeness (QED) is 0.366. The Morgan fingerprint density at radius 3 is 2.36 bits per heavy atom. The lowest BCUT2D eigenvalue weighted by Crippen LogP contribution is -1.85. The summed E-state index contributed by atoms with van der Waals surface area (Å²) in [6.45, 7) is 2.19. The molecule has 0 radical (unpaired) electrons. The van der Waals surface area contributed by atoms with Crippen LogP contribution < -0.4 is 0 Å². The lowest BCUT2D eigenvalue weighted by atomic mass is 10.2. The minimum Gasteiger partial charge on any atom is -0.478 e. The number of aliphatic carboxylic acids is 1. The third kappa shape index (κ3) is 11.0. The molecule has 0 fully saturated rings. The third-order valence-electron chi connectivity index (χ3n) is 1.90. The molecule has 0 aromatic carbocycles. The molecular formula is C12H20O2. The minimum absolute atomic E-state index is 0.816. The van der Waals surface area contributed by atoms with Crippen LogP contribution in [0.1, 0.15) is 45.4 Å². The van der Waals surface area contributed by atoms with Gasteiger partial charge in [0.05, 0.1) is 0 Å². The molecule has 0 spiro atoms. The summed E-state index contributed by atoms with van der Waals surface area (Å²) in [5.41, 5.74) is 0. The van der Waals surface area contributed by atoms with Gasteiger partial charge in [-0.1, -0.05) is 38.0 Å². The van der Waals surface area contributed by atoms with E-state index < -0.39 is 5.97 Å². The molecule has 0 aliphatic carbocycles. The monoisotopic (exact) mass is 196 g/mol. The van der Waals surface area contributed by atoms with E-state index in [1.807, 2.05) is 0 Å². The molecular weight excluding hydrogens is 176 g/mol. The number of carboxylic acids is 1. The van der Waals surface area contributed by atoms with Crippen molar-refractivity contribution in [3.05, 3.63) is 24.3 Å². The average molecular weight is 196 g/mol. The van der Waals surface area contributed by atoms with Crippen LogP contribution in [0.5, 0.6) is 0 Å². The van der Waals surface area contributed by atoms with Crippen LogP contribution in [0.4, 0.5) is 0 Å². The molecule has 2 nitrogen and oxygen atoms in total. The molecule has 0 aliphatic heterocycles. The van der Waals surface area contributed by atoms with Crippen molar-refractivity contribution in [1.82, 2.24) is 0 Å². The largest absolute Gasteiger partial charge is 0.478 e. The second-order valence-corrected chi connectivity index (χ2v) is 3.29. The molecule has 0 saturated heterocycles. The summed E-state index contributed by atoms with van der Waals surface area (Å²) in [5.74, 6) is -0.864. The van der Waals surface area contributed by atoms with Crippen LogP contribution in [0, 0.1) is 0 Å². The summed E-state index contributed by atoms with van der Waals surface area (Å²) in [6.07, 6.45) is 13.9. The fraction of sp³-hybridized carbons (Fsp3) is 0.583. The second-order valence-electron chi connectivity index (χ2n) is 3.29. The van der Waals surface area contributed by atoms with E-state index in [4.69, 9.17) is 5.11 Å². The Morgan fingerprint density at radius 1 is 1.07 bits per heavy atom. The van der Waals surface area contributed by atoms with Crippen LogP contribution in [0.15, 0.2) is 24.3 Å². The van der Waals surface area contributed by atoms with Crippen LogP contribution in [-0.2, 0) is 4.79 Å². The van der Waals surface area contributed by atoms with Gasteiger partial charge in [-0.25, -0.2) is 4.79 Å². The highest BCUT2D eigenvalue weighted by molar-refractivity contribution is 5.79. The number of carboxylic acid groups (broad SMARTS) is 1. The molecule has 0 amide bonds. The summed E-state index contributed by atoms with van der Waals surface area (Å²) in [7, 11) is 0. The number of carbonyl (C=O) groups is 1. The summed E-state index contributed by atoms with van der Waals surface area (Å²) in [4.78, 5) is 10.1. The predicted molar refractivity (Wildman–Crippen MR) is 59.3 cm³/mol. The number of hydrogen-bond donors (Lipinski definition) is 1. The van der Waals surface area contributed by atoms with E-state index >= 15 is 0 Å². The first-order valence-electron chi connectivity index (χ1n) is 5.31. The van der Waals surface area contributed by atoms with Crippen molar-refractivity contribution in [2.45, 2.75) is 45.4 Å². The second kappa shape index (κ2) is 10.0. The molecule has 0 rings (SSSR count). The van der Waals surface area contributed by atoms with Gasteiger partial charge < -0.3 is 5.11 Å². The maximum absolute atomic E-state index is 10.1. The maximum atomic E-state index is 10.1. The molecule has 0 aromatic rings. The lowest BCUT2D eigenvalue weighted by Gasteiger charge is -1.91. The Labute approximate surface area is 86.3 Å². The summed E-state index contributed by atoms with van der Waals surface area (Å²) in [5, 5.41) is 8.31. The zero-order chi connectivity index (χ0) is 10.6. The van der Waals surface area contributed by atoms with E-state index in [1.54, 1.807) is 6.08 Å². The SMILES string of the molecule is CCCCC/C=C\CC/C=C/C(=O)O. The van der Waals surface area contributed by atoms with Crippen LogP contribution in [0.2, 0.25) is 0 Å². The number of allylic oxidation sites excluding steroid dienone is 3. The first-order chi connectivity index (χ1) is 6.77. The normalized spacial score (nSPS) is 11.5. The van der Waals surface area contributed by atoms with Crippen molar-refractivity contribution < 1.29 is 9.90 Å². The average Bonchev–Trinajstić information content (AvgIpc) is 2.15. The van der Waals surface area contributed by atoms with Crippen LogP contribution in [0.25, 0.3) is 0 Å². The standard InChI is InChI=1S/C12H20O2/c1-2-3-4-5-6-7-8-9-10-11-12(13)14/h6-7,10-11H,2-5,8-9H2,1H3,(H,13,14)/b7-6-,11-10+. The lowest BCUT2D eigenvalue weighted by molar-refractivity contribution is -0.131.